The lowest BCUT2D eigenvalue weighted by Gasteiger charge is -2.24. The van der Waals surface area contributed by atoms with Crippen molar-refractivity contribution >= 4 is 22.3 Å². The van der Waals surface area contributed by atoms with Crippen LogP contribution in [-0.2, 0) is 0 Å². The molecule has 0 radical (unpaired) electrons. The SMILES string of the molecule is O=Nc1ccc(NC2CCCCC2)c2ncccc12. The summed E-state index contributed by atoms with van der Waals surface area (Å²) in [5.41, 5.74) is 2.30. The van der Waals surface area contributed by atoms with Crippen molar-refractivity contribution in [3.8, 4) is 0 Å². The summed E-state index contributed by atoms with van der Waals surface area (Å²) in [4.78, 5) is 15.2. The van der Waals surface area contributed by atoms with Gasteiger partial charge in [0.2, 0.25) is 0 Å². The summed E-state index contributed by atoms with van der Waals surface area (Å²) in [7, 11) is 0. The van der Waals surface area contributed by atoms with Crippen molar-refractivity contribution in [2.45, 2.75) is 38.1 Å². The molecule has 0 aliphatic heterocycles. The number of benzene rings is 1. The fraction of sp³-hybridized carbons (Fsp3) is 0.400. The summed E-state index contributed by atoms with van der Waals surface area (Å²) < 4.78 is 0. The maximum atomic E-state index is 10.8. The van der Waals surface area contributed by atoms with Crippen LogP contribution in [0, 0.1) is 4.91 Å². The van der Waals surface area contributed by atoms with E-state index in [-0.39, 0.29) is 0 Å². The second kappa shape index (κ2) is 5.34. The molecule has 4 heteroatoms. The molecule has 3 rings (SSSR count). The fourth-order valence-electron chi connectivity index (χ4n) is 2.82. The van der Waals surface area contributed by atoms with Gasteiger partial charge in [-0.05, 0) is 42.3 Å². The summed E-state index contributed by atoms with van der Waals surface area (Å²) >= 11 is 0. The van der Waals surface area contributed by atoms with Crippen molar-refractivity contribution < 1.29 is 0 Å². The smallest absolute Gasteiger partial charge is 0.117 e. The highest BCUT2D eigenvalue weighted by Gasteiger charge is 2.15. The first-order valence-electron chi connectivity index (χ1n) is 6.86. The van der Waals surface area contributed by atoms with E-state index in [1.165, 1.54) is 32.1 Å². The van der Waals surface area contributed by atoms with Crippen LogP contribution in [-0.4, -0.2) is 11.0 Å². The molecule has 2 aromatic rings. The van der Waals surface area contributed by atoms with Gasteiger partial charge in [0.25, 0.3) is 0 Å². The number of nitrogens with one attached hydrogen (secondary N) is 1. The van der Waals surface area contributed by atoms with Crippen molar-refractivity contribution in [3.63, 3.8) is 0 Å². The first kappa shape index (κ1) is 12.1. The lowest BCUT2D eigenvalue weighted by Crippen LogP contribution is -2.22. The Morgan fingerprint density at radius 3 is 2.79 bits per heavy atom. The second-order valence-electron chi connectivity index (χ2n) is 5.10. The van der Waals surface area contributed by atoms with Gasteiger partial charge in [-0.25, -0.2) is 0 Å². The molecule has 1 aliphatic carbocycles. The van der Waals surface area contributed by atoms with Crippen molar-refractivity contribution in [2.24, 2.45) is 5.18 Å². The summed E-state index contributed by atoms with van der Waals surface area (Å²) in [5.74, 6) is 0. The van der Waals surface area contributed by atoms with Crippen LogP contribution in [0.25, 0.3) is 10.9 Å². The largest absolute Gasteiger partial charge is 0.381 e. The Hall–Kier alpha value is -1.97. The van der Waals surface area contributed by atoms with E-state index in [9.17, 15) is 4.91 Å². The molecule has 1 aromatic heterocycles. The van der Waals surface area contributed by atoms with Gasteiger partial charge in [0, 0.05) is 17.6 Å². The fourth-order valence-corrected chi connectivity index (χ4v) is 2.82. The first-order chi connectivity index (χ1) is 9.38. The standard InChI is InChI=1S/C15H17N3O/c19-18-13-8-9-14(15-12(13)7-4-10-16-15)17-11-5-2-1-3-6-11/h4,7-11,17H,1-3,5-6H2. The molecule has 1 aliphatic rings. The molecule has 1 saturated carbocycles. The lowest BCUT2D eigenvalue weighted by molar-refractivity contribution is 0.463. The third-order valence-corrected chi connectivity index (χ3v) is 3.81. The Kier molecular flexibility index (Phi) is 3.40. The molecule has 0 bridgehead atoms. The third kappa shape index (κ3) is 2.43. The van der Waals surface area contributed by atoms with Crippen LogP contribution in [0.3, 0.4) is 0 Å². The molecule has 0 saturated heterocycles. The van der Waals surface area contributed by atoms with Gasteiger partial charge in [-0.2, -0.15) is 0 Å². The van der Waals surface area contributed by atoms with Crippen molar-refractivity contribution in [3.05, 3.63) is 35.4 Å². The molecular weight excluding hydrogens is 238 g/mol. The monoisotopic (exact) mass is 255 g/mol. The lowest BCUT2D eigenvalue weighted by atomic mass is 9.95. The average molecular weight is 255 g/mol. The normalized spacial score (nSPS) is 16.4. The number of hydrogen-bond donors (Lipinski definition) is 1. The summed E-state index contributed by atoms with van der Waals surface area (Å²) in [5, 5.41) is 7.46. The van der Waals surface area contributed by atoms with Gasteiger partial charge < -0.3 is 5.32 Å². The van der Waals surface area contributed by atoms with Crippen LogP contribution < -0.4 is 5.32 Å². The van der Waals surface area contributed by atoms with Gasteiger partial charge in [-0.3, -0.25) is 4.98 Å². The molecule has 0 unspecified atom stereocenters. The van der Waals surface area contributed by atoms with Crippen LogP contribution in [0.2, 0.25) is 0 Å². The average Bonchev–Trinajstić information content (AvgIpc) is 2.49. The van der Waals surface area contributed by atoms with Crippen molar-refractivity contribution in [2.75, 3.05) is 5.32 Å². The van der Waals surface area contributed by atoms with Gasteiger partial charge >= 0.3 is 0 Å². The number of pyridine rings is 1. The van der Waals surface area contributed by atoms with Crippen molar-refractivity contribution in [1.82, 2.24) is 4.98 Å². The Morgan fingerprint density at radius 1 is 1.16 bits per heavy atom. The van der Waals surface area contributed by atoms with Crippen LogP contribution in [0.5, 0.6) is 0 Å². The number of fused-ring (bicyclic) bond motifs is 1. The summed E-state index contributed by atoms with van der Waals surface area (Å²) in [6.45, 7) is 0. The van der Waals surface area contributed by atoms with Gasteiger partial charge in [-0.1, -0.05) is 19.3 Å². The number of hydrogen-bond acceptors (Lipinski definition) is 4. The quantitative estimate of drug-likeness (QED) is 0.828. The second-order valence-corrected chi connectivity index (χ2v) is 5.10. The molecule has 1 aromatic carbocycles. The van der Waals surface area contributed by atoms with E-state index >= 15 is 0 Å². The van der Waals surface area contributed by atoms with E-state index < -0.39 is 0 Å². The predicted octanol–water partition coefficient (Wildman–Crippen LogP) is 4.38. The number of anilines is 1. The summed E-state index contributed by atoms with van der Waals surface area (Å²) in [6.07, 6.45) is 8.09. The topological polar surface area (TPSA) is 54.4 Å². The van der Waals surface area contributed by atoms with Gasteiger partial charge in [0.1, 0.15) is 5.69 Å². The third-order valence-electron chi connectivity index (χ3n) is 3.81. The van der Waals surface area contributed by atoms with E-state index in [0.29, 0.717) is 11.7 Å². The van der Waals surface area contributed by atoms with Crippen molar-refractivity contribution in [1.29, 1.82) is 0 Å². The zero-order valence-electron chi connectivity index (χ0n) is 10.8. The van der Waals surface area contributed by atoms with Gasteiger partial charge in [0.05, 0.1) is 11.2 Å². The van der Waals surface area contributed by atoms with Gasteiger partial charge in [-0.15, -0.1) is 4.91 Å². The van der Waals surface area contributed by atoms with Gasteiger partial charge in [0.15, 0.2) is 0 Å². The van der Waals surface area contributed by atoms with Crippen LogP contribution in [0.1, 0.15) is 32.1 Å². The number of rotatable bonds is 3. The highest BCUT2D eigenvalue weighted by Crippen LogP contribution is 2.31. The van der Waals surface area contributed by atoms with E-state index in [4.69, 9.17) is 0 Å². The minimum absolute atomic E-state index is 0.456. The molecule has 0 atom stereocenters. The van der Waals surface area contributed by atoms with Crippen LogP contribution in [0.15, 0.2) is 35.6 Å². The Balaban J connectivity index is 1.97. The molecule has 0 spiro atoms. The van der Waals surface area contributed by atoms with E-state index in [1.807, 2.05) is 18.2 Å². The molecule has 1 heterocycles. The number of nitroso groups, excluding NO2 is 1. The van der Waals surface area contributed by atoms with Crippen LogP contribution >= 0.6 is 0 Å². The number of nitrogens with zero attached hydrogens (tertiary/aromatic N) is 2. The molecule has 19 heavy (non-hydrogen) atoms. The Morgan fingerprint density at radius 2 is 2.00 bits per heavy atom. The van der Waals surface area contributed by atoms with E-state index in [1.54, 1.807) is 12.3 Å². The molecule has 1 N–H and O–H groups in total. The Bertz CT molecular complexity index is 591. The highest BCUT2D eigenvalue weighted by atomic mass is 16.3. The molecule has 98 valence electrons. The summed E-state index contributed by atoms with van der Waals surface area (Å²) in [6, 6.07) is 7.93. The molecule has 1 fully saturated rings. The maximum Gasteiger partial charge on any atom is 0.117 e. The van der Waals surface area contributed by atoms with Crippen LogP contribution in [0.4, 0.5) is 11.4 Å². The molecule has 0 amide bonds. The zero-order valence-corrected chi connectivity index (χ0v) is 10.8. The number of aromatic nitrogens is 1. The first-order valence-corrected chi connectivity index (χ1v) is 6.86. The minimum Gasteiger partial charge on any atom is -0.381 e. The van der Waals surface area contributed by atoms with E-state index in [0.717, 1.165) is 16.6 Å². The highest BCUT2D eigenvalue weighted by molar-refractivity contribution is 5.98. The Labute approximate surface area is 112 Å². The predicted molar refractivity (Wildman–Crippen MR) is 77.7 cm³/mol. The maximum absolute atomic E-state index is 10.8. The minimum atomic E-state index is 0.456. The molecular formula is C15H17N3O. The zero-order chi connectivity index (χ0) is 13.1. The molecule has 4 nitrogen and oxygen atoms in total. The van der Waals surface area contributed by atoms with E-state index in [2.05, 4.69) is 15.5 Å².